The number of carboxylic acids is 1. The summed E-state index contributed by atoms with van der Waals surface area (Å²) in [5, 5.41) is 8.57. The largest absolute Gasteiger partial charge is 0.478 e. The first-order valence-corrected chi connectivity index (χ1v) is 8.30. The second-order valence-corrected chi connectivity index (χ2v) is 6.24. The van der Waals surface area contributed by atoms with E-state index < -0.39 is 16.0 Å². The van der Waals surface area contributed by atoms with Crippen LogP contribution in [0.3, 0.4) is 0 Å². The van der Waals surface area contributed by atoms with E-state index in [1.165, 1.54) is 12.1 Å². The highest BCUT2D eigenvalue weighted by atomic mass is 32.2. The minimum absolute atomic E-state index is 0.0472. The maximum atomic E-state index is 12.0. The molecule has 1 aromatic rings. The third-order valence-corrected chi connectivity index (χ3v) is 4.34. The number of nitrogens with zero attached hydrogens (tertiary/aromatic N) is 2. The van der Waals surface area contributed by atoms with E-state index in [1.807, 2.05) is 6.92 Å². The molecule has 0 aliphatic carbocycles. The van der Waals surface area contributed by atoms with E-state index in [-0.39, 0.29) is 10.6 Å². The highest BCUT2D eigenvalue weighted by Gasteiger charge is 2.16. The molecule has 0 spiro atoms. The quantitative estimate of drug-likeness (QED) is 0.699. The second-order valence-electron chi connectivity index (χ2n) is 4.52. The van der Waals surface area contributed by atoms with Crippen LogP contribution in [0.5, 0.6) is 0 Å². The van der Waals surface area contributed by atoms with Crippen molar-refractivity contribution >= 4 is 16.0 Å². The van der Waals surface area contributed by atoms with Gasteiger partial charge in [0.1, 0.15) is 0 Å². The number of hydrogen-bond acceptors (Lipinski definition) is 5. The summed E-state index contributed by atoms with van der Waals surface area (Å²) in [6.07, 6.45) is 2.05. The SMILES string of the molecule is CCCN(CC)CCNS(=O)(=O)c1ccc(C(=O)O)cn1. The van der Waals surface area contributed by atoms with Crippen LogP contribution >= 0.6 is 0 Å². The average molecular weight is 315 g/mol. The Labute approximate surface area is 125 Å². The first-order chi connectivity index (χ1) is 9.90. The summed E-state index contributed by atoms with van der Waals surface area (Å²) < 4.78 is 26.5. The van der Waals surface area contributed by atoms with E-state index in [2.05, 4.69) is 21.5 Å². The van der Waals surface area contributed by atoms with Crippen molar-refractivity contribution in [3.63, 3.8) is 0 Å². The summed E-state index contributed by atoms with van der Waals surface area (Å²) >= 11 is 0. The van der Waals surface area contributed by atoms with Crippen molar-refractivity contribution in [2.24, 2.45) is 0 Å². The zero-order valence-corrected chi connectivity index (χ0v) is 13.1. The van der Waals surface area contributed by atoms with E-state index in [4.69, 9.17) is 5.11 Å². The normalized spacial score (nSPS) is 11.8. The lowest BCUT2D eigenvalue weighted by Crippen LogP contribution is -2.35. The van der Waals surface area contributed by atoms with Crippen molar-refractivity contribution in [2.45, 2.75) is 25.3 Å². The minimum atomic E-state index is -3.70. The summed E-state index contributed by atoms with van der Waals surface area (Å²) in [6, 6.07) is 2.41. The lowest BCUT2D eigenvalue weighted by Gasteiger charge is -2.19. The molecule has 21 heavy (non-hydrogen) atoms. The van der Waals surface area contributed by atoms with Gasteiger partial charge < -0.3 is 10.0 Å². The van der Waals surface area contributed by atoms with Crippen LogP contribution in [0.4, 0.5) is 0 Å². The second kappa shape index (κ2) is 8.06. The molecule has 0 saturated heterocycles. The third-order valence-electron chi connectivity index (χ3n) is 2.97. The molecule has 7 nitrogen and oxygen atoms in total. The molecule has 8 heteroatoms. The fourth-order valence-corrected chi connectivity index (χ4v) is 2.77. The Morgan fingerprint density at radius 3 is 2.52 bits per heavy atom. The highest BCUT2D eigenvalue weighted by Crippen LogP contribution is 2.06. The molecule has 0 saturated carbocycles. The molecule has 1 heterocycles. The Hall–Kier alpha value is -1.51. The van der Waals surface area contributed by atoms with E-state index in [1.54, 1.807) is 0 Å². The van der Waals surface area contributed by atoms with Crippen LogP contribution in [0.2, 0.25) is 0 Å². The summed E-state index contributed by atoms with van der Waals surface area (Å²) in [5.41, 5.74) is -0.0472. The highest BCUT2D eigenvalue weighted by molar-refractivity contribution is 7.89. The number of nitrogens with one attached hydrogen (secondary N) is 1. The summed E-state index contributed by atoms with van der Waals surface area (Å²) in [7, 11) is -3.70. The van der Waals surface area contributed by atoms with Crippen molar-refractivity contribution in [1.29, 1.82) is 0 Å². The van der Waals surface area contributed by atoms with Crippen LogP contribution < -0.4 is 4.72 Å². The van der Waals surface area contributed by atoms with Crippen LogP contribution in [-0.2, 0) is 10.0 Å². The third kappa shape index (κ3) is 5.41. The van der Waals surface area contributed by atoms with Gasteiger partial charge in [0.2, 0.25) is 0 Å². The molecule has 2 N–H and O–H groups in total. The first-order valence-electron chi connectivity index (χ1n) is 6.82. The lowest BCUT2D eigenvalue weighted by molar-refractivity contribution is 0.0696. The Bertz CT molecular complexity index is 557. The van der Waals surface area contributed by atoms with Crippen LogP contribution in [-0.4, -0.2) is 55.6 Å². The standard InChI is InChI=1S/C13H21N3O4S/c1-3-8-16(4-2)9-7-15-21(19,20)12-6-5-11(10-14-12)13(17)18/h5-6,10,15H,3-4,7-9H2,1-2H3,(H,17,18). The summed E-state index contributed by atoms with van der Waals surface area (Å²) in [4.78, 5) is 16.5. The van der Waals surface area contributed by atoms with E-state index in [0.29, 0.717) is 13.1 Å². The predicted molar refractivity (Wildman–Crippen MR) is 78.8 cm³/mol. The van der Waals surface area contributed by atoms with Gasteiger partial charge in [-0.15, -0.1) is 0 Å². The molecular weight excluding hydrogens is 294 g/mol. The molecule has 1 aromatic heterocycles. The smallest absolute Gasteiger partial charge is 0.337 e. The number of rotatable bonds is 9. The van der Waals surface area contributed by atoms with Gasteiger partial charge in [-0.05, 0) is 31.6 Å². The van der Waals surface area contributed by atoms with E-state index in [0.717, 1.165) is 25.7 Å². The molecule has 1 rings (SSSR count). The van der Waals surface area contributed by atoms with Crippen molar-refractivity contribution in [3.05, 3.63) is 23.9 Å². The molecule has 0 radical (unpaired) electrons. The average Bonchev–Trinajstić information content (AvgIpc) is 2.46. The van der Waals surface area contributed by atoms with Gasteiger partial charge >= 0.3 is 5.97 Å². The summed E-state index contributed by atoms with van der Waals surface area (Å²) in [6.45, 7) is 6.79. The number of pyridine rings is 1. The number of carboxylic acid groups (broad SMARTS) is 1. The zero-order chi connectivity index (χ0) is 15.9. The monoisotopic (exact) mass is 315 g/mol. The molecule has 0 unspecified atom stereocenters. The number of aromatic carboxylic acids is 1. The Kier molecular flexibility index (Phi) is 6.73. The molecular formula is C13H21N3O4S. The Morgan fingerprint density at radius 1 is 1.33 bits per heavy atom. The fraction of sp³-hybridized carbons (Fsp3) is 0.538. The van der Waals surface area contributed by atoms with Crippen LogP contribution in [0.1, 0.15) is 30.6 Å². The van der Waals surface area contributed by atoms with Gasteiger partial charge in [-0.25, -0.2) is 22.9 Å². The Balaban J connectivity index is 2.62. The van der Waals surface area contributed by atoms with Crippen LogP contribution in [0, 0.1) is 0 Å². The predicted octanol–water partition coefficient (Wildman–Crippen LogP) is 0.790. The summed E-state index contributed by atoms with van der Waals surface area (Å²) in [5.74, 6) is -1.14. The van der Waals surface area contributed by atoms with Crippen molar-refractivity contribution in [2.75, 3.05) is 26.2 Å². The molecule has 0 bridgehead atoms. The van der Waals surface area contributed by atoms with Crippen molar-refractivity contribution in [3.8, 4) is 0 Å². The molecule has 0 aliphatic heterocycles. The van der Waals surface area contributed by atoms with E-state index in [9.17, 15) is 13.2 Å². The topological polar surface area (TPSA) is 99.6 Å². The Morgan fingerprint density at radius 2 is 2.05 bits per heavy atom. The molecule has 0 atom stereocenters. The fourth-order valence-electron chi connectivity index (χ4n) is 1.82. The number of sulfonamides is 1. The number of aromatic nitrogens is 1. The maximum absolute atomic E-state index is 12.0. The maximum Gasteiger partial charge on any atom is 0.337 e. The number of hydrogen-bond donors (Lipinski definition) is 2. The first kappa shape index (κ1) is 17.5. The lowest BCUT2D eigenvalue weighted by atomic mass is 10.3. The van der Waals surface area contributed by atoms with Crippen molar-refractivity contribution in [1.82, 2.24) is 14.6 Å². The van der Waals surface area contributed by atoms with Gasteiger partial charge in [-0.1, -0.05) is 13.8 Å². The van der Waals surface area contributed by atoms with Crippen LogP contribution in [0.25, 0.3) is 0 Å². The van der Waals surface area contributed by atoms with E-state index >= 15 is 0 Å². The van der Waals surface area contributed by atoms with Crippen LogP contribution in [0.15, 0.2) is 23.4 Å². The van der Waals surface area contributed by atoms with Gasteiger partial charge in [0.05, 0.1) is 5.56 Å². The molecule has 118 valence electrons. The van der Waals surface area contributed by atoms with Crippen molar-refractivity contribution < 1.29 is 18.3 Å². The van der Waals surface area contributed by atoms with Gasteiger partial charge in [0, 0.05) is 19.3 Å². The molecule has 0 amide bonds. The van der Waals surface area contributed by atoms with Gasteiger partial charge in [0.15, 0.2) is 5.03 Å². The molecule has 0 fully saturated rings. The minimum Gasteiger partial charge on any atom is -0.478 e. The van der Waals surface area contributed by atoms with Gasteiger partial charge in [-0.3, -0.25) is 0 Å². The zero-order valence-electron chi connectivity index (χ0n) is 12.2. The number of likely N-dealkylation sites (N-methyl/N-ethyl adjacent to an activating group) is 1. The number of carbonyl (C=O) groups is 1. The van der Waals surface area contributed by atoms with Gasteiger partial charge in [-0.2, -0.15) is 0 Å². The molecule has 0 aliphatic rings. The van der Waals surface area contributed by atoms with Gasteiger partial charge in [0.25, 0.3) is 10.0 Å². The molecule has 0 aromatic carbocycles.